The first-order valence-electron chi connectivity index (χ1n) is 7.79. The molecule has 0 saturated carbocycles. The van der Waals surface area contributed by atoms with Crippen LogP contribution in [0.4, 0.5) is 10.5 Å². The first-order chi connectivity index (χ1) is 11.0. The van der Waals surface area contributed by atoms with E-state index in [9.17, 15) is 9.90 Å². The molecule has 0 bridgehead atoms. The summed E-state index contributed by atoms with van der Waals surface area (Å²) in [6, 6.07) is 1.71. The van der Waals surface area contributed by atoms with Gasteiger partial charge in [-0.3, -0.25) is 5.32 Å². The average molecular weight is 337 g/mol. The molecule has 1 atom stereocenters. The molecule has 134 valence electrons. The number of aliphatic hydroxyl groups is 1. The maximum Gasteiger partial charge on any atom is 0.412 e. The topological polar surface area (TPSA) is 82.0 Å². The lowest BCUT2D eigenvalue weighted by Crippen LogP contribution is -2.30. The standard InChI is InChI=1S/C16H27N5O3/c1-16(2,3)24-15(23)17-11-7-12(20(5)8-11)14(22)18-13-9-19(4)10-21(13)6/h7-9,14,18,22H,10H2,1-6H3,(H,17,23). The van der Waals surface area contributed by atoms with E-state index in [4.69, 9.17) is 4.74 Å². The van der Waals surface area contributed by atoms with Crippen LogP contribution in [0.15, 0.2) is 24.3 Å². The molecule has 0 aromatic carbocycles. The van der Waals surface area contributed by atoms with E-state index < -0.39 is 17.9 Å². The Morgan fingerprint density at radius 2 is 2.00 bits per heavy atom. The van der Waals surface area contributed by atoms with Crippen molar-refractivity contribution in [3.05, 3.63) is 30.0 Å². The largest absolute Gasteiger partial charge is 0.444 e. The van der Waals surface area contributed by atoms with Crippen LogP contribution >= 0.6 is 0 Å². The number of anilines is 1. The van der Waals surface area contributed by atoms with E-state index in [0.717, 1.165) is 12.5 Å². The number of hydrogen-bond donors (Lipinski definition) is 3. The Morgan fingerprint density at radius 3 is 2.54 bits per heavy atom. The van der Waals surface area contributed by atoms with E-state index in [1.54, 1.807) is 44.6 Å². The molecular weight excluding hydrogens is 310 g/mol. The summed E-state index contributed by atoms with van der Waals surface area (Å²) < 4.78 is 6.98. The van der Waals surface area contributed by atoms with Gasteiger partial charge in [0.25, 0.3) is 0 Å². The van der Waals surface area contributed by atoms with Crippen molar-refractivity contribution in [1.82, 2.24) is 19.7 Å². The molecule has 8 heteroatoms. The number of aryl methyl sites for hydroxylation is 1. The Hall–Kier alpha value is -2.35. The Labute approximate surface area is 142 Å². The molecule has 0 spiro atoms. The fourth-order valence-corrected chi connectivity index (χ4v) is 2.46. The zero-order valence-electron chi connectivity index (χ0n) is 15.1. The highest BCUT2D eigenvalue weighted by molar-refractivity contribution is 5.84. The number of ether oxygens (including phenoxy) is 1. The quantitative estimate of drug-likeness (QED) is 0.724. The van der Waals surface area contributed by atoms with Crippen LogP contribution in [0.5, 0.6) is 0 Å². The lowest BCUT2D eigenvalue weighted by molar-refractivity contribution is 0.0636. The zero-order chi connectivity index (χ0) is 18.1. The third-order valence-electron chi connectivity index (χ3n) is 3.44. The SMILES string of the molecule is CN1C=C(NC(O)c2cc(NC(=O)OC(C)(C)C)cn2C)N(C)C1. The Bertz CT molecular complexity index is 632. The summed E-state index contributed by atoms with van der Waals surface area (Å²) in [5.41, 5.74) is 0.632. The van der Waals surface area contributed by atoms with Crippen LogP contribution in [0.3, 0.4) is 0 Å². The third kappa shape index (κ3) is 4.58. The van der Waals surface area contributed by atoms with Crippen LogP contribution in [0.1, 0.15) is 32.7 Å². The van der Waals surface area contributed by atoms with Crippen molar-refractivity contribution in [1.29, 1.82) is 0 Å². The number of aliphatic hydroxyl groups excluding tert-OH is 1. The molecule has 1 amide bonds. The Kier molecular flexibility index (Phi) is 4.98. The van der Waals surface area contributed by atoms with Gasteiger partial charge in [-0.25, -0.2) is 4.79 Å². The van der Waals surface area contributed by atoms with E-state index in [1.807, 2.05) is 30.1 Å². The molecule has 1 aromatic rings. The van der Waals surface area contributed by atoms with Crippen LogP contribution in [-0.2, 0) is 11.8 Å². The highest BCUT2D eigenvalue weighted by Gasteiger charge is 2.21. The lowest BCUT2D eigenvalue weighted by Gasteiger charge is -2.21. The second-order valence-electron chi connectivity index (χ2n) is 7.05. The molecule has 1 aromatic heterocycles. The van der Waals surface area contributed by atoms with Crippen LogP contribution in [0, 0.1) is 0 Å². The smallest absolute Gasteiger partial charge is 0.412 e. The number of rotatable bonds is 4. The molecule has 2 rings (SSSR count). The third-order valence-corrected chi connectivity index (χ3v) is 3.44. The first-order valence-corrected chi connectivity index (χ1v) is 7.79. The highest BCUT2D eigenvalue weighted by atomic mass is 16.6. The van der Waals surface area contributed by atoms with E-state index in [-0.39, 0.29) is 0 Å². The predicted molar refractivity (Wildman–Crippen MR) is 91.8 cm³/mol. The number of aromatic nitrogens is 1. The van der Waals surface area contributed by atoms with E-state index in [0.29, 0.717) is 11.4 Å². The van der Waals surface area contributed by atoms with Crippen molar-refractivity contribution < 1.29 is 14.6 Å². The van der Waals surface area contributed by atoms with Crippen molar-refractivity contribution in [3.8, 4) is 0 Å². The van der Waals surface area contributed by atoms with Crippen LogP contribution < -0.4 is 10.6 Å². The number of carbonyl (C=O) groups is 1. The maximum absolute atomic E-state index is 11.8. The monoisotopic (exact) mass is 337 g/mol. The minimum Gasteiger partial charge on any atom is -0.444 e. The van der Waals surface area contributed by atoms with Gasteiger partial charge < -0.3 is 29.5 Å². The first kappa shape index (κ1) is 18.0. The number of carbonyl (C=O) groups excluding carboxylic acids is 1. The minimum atomic E-state index is -0.899. The van der Waals surface area contributed by atoms with Gasteiger partial charge in [-0.1, -0.05) is 0 Å². The maximum atomic E-state index is 11.8. The van der Waals surface area contributed by atoms with Gasteiger partial charge in [-0.2, -0.15) is 0 Å². The molecule has 24 heavy (non-hydrogen) atoms. The summed E-state index contributed by atoms with van der Waals surface area (Å²) >= 11 is 0. The number of nitrogens with zero attached hydrogens (tertiary/aromatic N) is 3. The minimum absolute atomic E-state index is 0.526. The molecule has 0 fully saturated rings. The fourth-order valence-electron chi connectivity index (χ4n) is 2.46. The average Bonchev–Trinajstić information content (AvgIpc) is 2.90. The molecule has 0 saturated heterocycles. The van der Waals surface area contributed by atoms with Gasteiger partial charge in [0.15, 0.2) is 6.23 Å². The van der Waals surface area contributed by atoms with Gasteiger partial charge in [0, 0.05) is 33.5 Å². The summed E-state index contributed by atoms with van der Waals surface area (Å²) in [6.45, 7) is 6.17. The second kappa shape index (κ2) is 6.64. The van der Waals surface area contributed by atoms with E-state index in [1.165, 1.54) is 0 Å². The summed E-state index contributed by atoms with van der Waals surface area (Å²) in [6.07, 6.45) is 2.22. The zero-order valence-corrected chi connectivity index (χ0v) is 15.1. The van der Waals surface area contributed by atoms with Gasteiger partial charge in [0.05, 0.1) is 18.1 Å². The van der Waals surface area contributed by atoms with Crippen molar-refractivity contribution >= 4 is 11.8 Å². The van der Waals surface area contributed by atoms with Crippen molar-refractivity contribution in [2.24, 2.45) is 7.05 Å². The Balaban J connectivity index is 2.03. The van der Waals surface area contributed by atoms with Crippen molar-refractivity contribution in [2.45, 2.75) is 32.6 Å². The number of nitrogens with one attached hydrogen (secondary N) is 2. The van der Waals surface area contributed by atoms with Crippen molar-refractivity contribution in [3.63, 3.8) is 0 Å². The van der Waals surface area contributed by atoms with Gasteiger partial charge in [0.2, 0.25) is 0 Å². The van der Waals surface area contributed by atoms with Crippen LogP contribution in [0.2, 0.25) is 0 Å². The number of hydrogen-bond acceptors (Lipinski definition) is 6. The normalized spacial score (nSPS) is 16.0. The molecular formula is C16H27N5O3. The highest BCUT2D eigenvalue weighted by Crippen LogP contribution is 2.21. The predicted octanol–water partition coefficient (Wildman–Crippen LogP) is 1.59. The second-order valence-corrected chi connectivity index (χ2v) is 7.05. The van der Waals surface area contributed by atoms with Crippen molar-refractivity contribution in [2.75, 3.05) is 26.1 Å². The lowest BCUT2D eigenvalue weighted by atomic mass is 10.2. The van der Waals surface area contributed by atoms with E-state index in [2.05, 4.69) is 10.6 Å². The summed E-state index contributed by atoms with van der Waals surface area (Å²) in [5.74, 6) is 0.827. The number of amides is 1. The van der Waals surface area contributed by atoms with Gasteiger partial charge in [-0.05, 0) is 26.8 Å². The van der Waals surface area contributed by atoms with Gasteiger partial charge in [0.1, 0.15) is 11.4 Å². The molecule has 0 radical (unpaired) electrons. The molecule has 1 aliphatic heterocycles. The van der Waals surface area contributed by atoms with Crippen LogP contribution in [-0.4, -0.2) is 51.9 Å². The summed E-state index contributed by atoms with van der Waals surface area (Å²) in [5, 5.41) is 16.2. The van der Waals surface area contributed by atoms with E-state index >= 15 is 0 Å². The van der Waals surface area contributed by atoms with Crippen LogP contribution in [0.25, 0.3) is 0 Å². The molecule has 3 N–H and O–H groups in total. The molecule has 8 nitrogen and oxygen atoms in total. The van der Waals surface area contributed by atoms with Gasteiger partial charge >= 0.3 is 6.09 Å². The molecule has 2 heterocycles. The molecule has 1 unspecified atom stereocenters. The fraction of sp³-hybridized carbons (Fsp3) is 0.562. The van der Waals surface area contributed by atoms with Gasteiger partial charge in [-0.15, -0.1) is 0 Å². The molecule has 1 aliphatic rings. The summed E-state index contributed by atoms with van der Waals surface area (Å²) in [4.78, 5) is 15.8. The Morgan fingerprint density at radius 1 is 1.33 bits per heavy atom. The summed E-state index contributed by atoms with van der Waals surface area (Å²) in [7, 11) is 5.71. The molecule has 0 aliphatic carbocycles.